The lowest BCUT2D eigenvalue weighted by atomic mass is 10.1. The van der Waals surface area contributed by atoms with Gasteiger partial charge in [-0.15, -0.1) is 4.40 Å². The van der Waals surface area contributed by atoms with Crippen LogP contribution >= 0.6 is 0 Å². The lowest BCUT2D eigenvalue weighted by Gasteiger charge is -2.23. The van der Waals surface area contributed by atoms with Gasteiger partial charge in [0.15, 0.2) is 0 Å². The Bertz CT molecular complexity index is 831. The van der Waals surface area contributed by atoms with Gasteiger partial charge in [-0.25, -0.2) is 9.10 Å². The van der Waals surface area contributed by atoms with Crippen molar-refractivity contribution < 1.29 is 22.7 Å². The van der Waals surface area contributed by atoms with Crippen molar-refractivity contribution in [3.8, 4) is 0 Å². The first kappa shape index (κ1) is 18.7. The van der Waals surface area contributed by atoms with Crippen LogP contribution in [0, 0.1) is 0 Å². The van der Waals surface area contributed by atoms with Crippen LogP contribution in [-0.2, 0) is 24.5 Å². The number of hydrogen-bond acceptors (Lipinski definition) is 5. The predicted octanol–water partition coefficient (Wildman–Crippen LogP) is 0.942. The van der Waals surface area contributed by atoms with E-state index >= 15 is 0 Å². The third-order valence-electron chi connectivity index (χ3n) is 3.59. The van der Waals surface area contributed by atoms with Crippen molar-refractivity contribution in [2.45, 2.75) is 19.9 Å². The summed E-state index contributed by atoms with van der Waals surface area (Å²) in [4.78, 5) is 23.9. The van der Waals surface area contributed by atoms with Gasteiger partial charge in [0, 0.05) is 6.20 Å². The first-order valence-electron chi connectivity index (χ1n) is 7.47. The van der Waals surface area contributed by atoms with E-state index in [1.165, 1.54) is 14.0 Å². The number of carbonyl (C=O) groups excluding carboxylic acids is 2. The highest BCUT2D eigenvalue weighted by Gasteiger charge is 2.30. The quantitative estimate of drug-likeness (QED) is 0.782. The minimum atomic E-state index is -4.07. The number of nitrogens with zero attached hydrogens (tertiary/aromatic N) is 2. The van der Waals surface area contributed by atoms with Gasteiger partial charge in [0.1, 0.15) is 6.54 Å². The van der Waals surface area contributed by atoms with E-state index in [1.807, 2.05) is 30.3 Å². The minimum Gasteiger partial charge on any atom is -0.465 e. The first-order chi connectivity index (χ1) is 11.7. The molecule has 0 fully saturated rings. The molecule has 0 unspecified atom stereocenters. The maximum Gasteiger partial charge on any atom is 0.344 e. The van der Waals surface area contributed by atoms with Gasteiger partial charge in [-0.2, -0.15) is 8.42 Å². The van der Waals surface area contributed by atoms with Crippen LogP contribution in [0.25, 0.3) is 0 Å². The van der Waals surface area contributed by atoms with Crippen LogP contribution in [0.2, 0.25) is 0 Å². The Kier molecular flexibility index (Phi) is 5.58. The molecule has 0 aromatic heterocycles. The van der Waals surface area contributed by atoms with Crippen molar-refractivity contribution >= 4 is 27.8 Å². The van der Waals surface area contributed by atoms with Crippen LogP contribution in [0.3, 0.4) is 0 Å². The average molecular weight is 365 g/mol. The van der Waals surface area contributed by atoms with Crippen molar-refractivity contribution in [3.05, 3.63) is 47.7 Å². The summed E-state index contributed by atoms with van der Waals surface area (Å²) < 4.78 is 33.0. The summed E-state index contributed by atoms with van der Waals surface area (Å²) in [5, 5.41) is 2.71. The Morgan fingerprint density at radius 3 is 2.52 bits per heavy atom. The molecule has 0 radical (unpaired) electrons. The zero-order valence-electron chi connectivity index (χ0n) is 14.1. The monoisotopic (exact) mass is 365 g/mol. The zero-order chi connectivity index (χ0) is 18.6. The normalized spacial score (nSPS) is 17.2. The molecule has 1 aliphatic rings. The Balaban J connectivity index is 2.13. The second kappa shape index (κ2) is 7.47. The van der Waals surface area contributed by atoms with Crippen LogP contribution in [0.5, 0.6) is 0 Å². The van der Waals surface area contributed by atoms with Crippen LogP contribution in [-0.4, -0.2) is 44.0 Å². The molecule has 0 saturated carbocycles. The van der Waals surface area contributed by atoms with Crippen molar-refractivity contribution in [1.82, 2.24) is 9.62 Å². The number of benzene rings is 1. The van der Waals surface area contributed by atoms with Gasteiger partial charge in [-0.1, -0.05) is 30.3 Å². The lowest BCUT2D eigenvalue weighted by molar-refractivity contribution is -0.135. The van der Waals surface area contributed by atoms with E-state index in [1.54, 1.807) is 6.92 Å². The topological polar surface area (TPSA) is 105 Å². The molecule has 0 aliphatic carbocycles. The van der Waals surface area contributed by atoms with E-state index in [0.717, 1.165) is 16.1 Å². The number of esters is 1. The summed E-state index contributed by atoms with van der Waals surface area (Å²) in [7, 11) is -2.89. The van der Waals surface area contributed by atoms with E-state index < -0.39 is 28.6 Å². The maximum absolute atomic E-state index is 12.2. The Hall–Kier alpha value is -2.68. The van der Waals surface area contributed by atoms with Crippen molar-refractivity contribution in [2.24, 2.45) is 4.40 Å². The number of ether oxygens (including phenoxy) is 1. The van der Waals surface area contributed by atoms with Crippen LogP contribution in [0.4, 0.5) is 0 Å². The van der Waals surface area contributed by atoms with Gasteiger partial charge in [-0.3, -0.25) is 4.79 Å². The molecule has 1 atom stereocenters. The summed E-state index contributed by atoms with van der Waals surface area (Å²) in [6, 6.07) is 8.95. The van der Waals surface area contributed by atoms with E-state index in [4.69, 9.17) is 0 Å². The predicted molar refractivity (Wildman–Crippen MR) is 91.8 cm³/mol. The van der Waals surface area contributed by atoms with Crippen LogP contribution in [0.15, 0.2) is 46.5 Å². The standard InChI is InChI=1S/C16H19N3O5S/c1-11(13-7-5-4-6-8-13)17-15(20)10-19-9-14(16(21)24-3)12(2)18-25(19,22)23/h4-9,11H,10H2,1-3H3,(H,17,20)/t11-/m1/s1. The maximum atomic E-state index is 12.2. The highest BCUT2D eigenvalue weighted by Crippen LogP contribution is 2.17. The van der Waals surface area contributed by atoms with Gasteiger partial charge in [0.2, 0.25) is 5.91 Å². The van der Waals surface area contributed by atoms with Gasteiger partial charge in [0.25, 0.3) is 0 Å². The molecule has 1 aromatic rings. The number of methoxy groups -OCH3 is 1. The number of nitrogens with one attached hydrogen (secondary N) is 1. The number of carbonyl (C=O) groups is 2. The highest BCUT2D eigenvalue weighted by molar-refractivity contribution is 7.88. The molecule has 9 heteroatoms. The fraction of sp³-hybridized carbons (Fsp3) is 0.312. The Morgan fingerprint density at radius 2 is 1.92 bits per heavy atom. The SMILES string of the molecule is COC(=O)C1=CN(CC(=O)N[C@H](C)c2ccccc2)S(=O)(=O)N=C1C. The molecule has 1 N–H and O–H groups in total. The first-order valence-corrected chi connectivity index (χ1v) is 8.87. The van der Waals surface area contributed by atoms with Gasteiger partial charge >= 0.3 is 16.2 Å². The van der Waals surface area contributed by atoms with E-state index in [-0.39, 0.29) is 17.3 Å². The van der Waals surface area contributed by atoms with E-state index in [9.17, 15) is 18.0 Å². The smallest absolute Gasteiger partial charge is 0.344 e. The van der Waals surface area contributed by atoms with Gasteiger partial charge < -0.3 is 10.1 Å². The van der Waals surface area contributed by atoms with Crippen molar-refractivity contribution in [1.29, 1.82) is 0 Å². The largest absolute Gasteiger partial charge is 0.465 e. The third-order valence-corrected chi connectivity index (χ3v) is 4.93. The Labute approximate surface area is 146 Å². The fourth-order valence-corrected chi connectivity index (χ4v) is 3.34. The summed E-state index contributed by atoms with van der Waals surface area (Å²) >= 11 is 0. The van der Waals surface area contributed by atoms with Crippen LogP contribution < -0.4 is 5.32 Å². The molecule has 8 nitrogen and oxygen atoms in total. The molecule has 1 aromatic carbocycles. The third kappa shape index (κ3) is 4.44. The zero-order valence-corrected chi connectivity index (χ0v) is 14.9. The summed E-state index contributed by atoms with van der Waals surface area (Å²) in [6.45, 7) is 2.68. The van der Waals surface area contributed by atoms with Gasteiger partial charge in [-0.05, 0) is 19.4 Å². The summed E-state index contributed by atoms with van der Waals surface area (Å²) in [5.41, 5.74) is 0.888. The molecule has 0 spiro atoms. The molecule has 2 rings (SSSR count). The molecular weight excluding hydrogens is 346 g/mol. The average Bonchev–Trinajstić information content (AvgIpc) is 2.56. The number of rotatable bonds is 5. The molecule has 25 heavy (non-hydrogen) atoms. The molecule has 0 saturated heterocycles. The van der Waals surface area contributed by atoms with Crippen molar-refractivity contribution in [3.63, 3.8) is 0 Å². The highest BCUT2D eigenvalue weighted by atomic mass is 32.2. The summed E-state index contributed by atoms with van der Waals surface area (Å²) in [6.07, 6.45) is 1.07. The summed E-state index contributed by atoms with van der Waals surface area (Å²) in [5.74, 6) is -1.24. The molecule has 1 aliphatic heterocycles. The number of hydrogen-bond donors (Lipinski definition) is 1. The molecule has 0 bridgehead atoms. The molecular formula is C16H19N3O5S. The van der Waals surface area contributed by atoms with Gasteiger partial charge in [0.05, 0.1) is 24.4 Å². The molecule has 1 heterocycles. The van der Waals surface area contributed by atoms with E-state index in [2.05, 4.69) is 14.5 Å². The van der Waals surface area contributed by atoms with E-state index in [0.29, 0.717) is 0 Å². The second-order valence-corrected chi connectivity index (χ2v) is 6.98. The van der Waals surface area contributed by atoms with Crippen molar-refractivity contribution in [2.75, 3.05) is 13.7 Å². The molecule has 134 valence electrons. The lowest BCUT2D eigenvalue weighted by Crippen LogP contribution is -2.40. The molecule has 1 amide bonds. The van der Waals surface area contributed by atoms with Crippen LogP contribution in [0.1, 0.15) is 25.5 Å². The minimum absolute atomic E-state index is 0.0127. The number of amides is 1. The fourth-order valence-electron chi connectivity index (χ4n) is 2.27. The second-order valence-electron chi connectivity index (χ2n) is 5.43. The Morgan fingerprint density at radius 1 is 1.28 bits per heavy atom.